The van der Waals surface area contributed by atoms with Crippen molar-refractivity contribution >= 4 is 17.6 Å². The topological polar surface area (TPSA) is 46.6 Å². The summed E-state index contributed by atoms with van der Waals surface area (Å²) in [5.41, 5.74) is 6.38. The number of benzene rings is 2. The van der Waals surface area contributed by atoms with E-state index in [0.717, 1.165) is 27.9 Å². The Balaban J connectivity index is 1.85. The second-order valence-electron chi connectivity index (χ2n) is 7.18. The molecule has 0 spiro atoms. The molecule has 2 aromatic rings. The Morgan fingerprint density at radius 3 is 2.38 bits per heavy atom. The first-order valence-electron chi connectivity index (χ1n) is 8.82. The van der Waals surface area contributed by atoms with Gasteiger partial charge in [0.25, 0.3) is 0 Å². The van der Waals surface area contributed by atoms with Crippen molar-refractivity contribution in [1.29, 1.82) is 0 Å². The lowest BCUT2D eigenvalue weighted by Gasteiger charge is -2.32. The normalized spacial score (nSPS) is 19.7. The number of aryl methyl sites for hydroxylation is 3. The van der Waals surface area contributed by atoms with Crippen molar-refractivity contribution in [3.05, 3.63) is 76.0 Å². The van der Waals surface area contributed by atoms with Crippen LogP contribution in [0.25, 0.3) is 0 Å². The monoisotopic (exact) mass is 347 g/mol. The highest BCUT2D eigenvalue weighted by Crippen LogP contribution is 2.42. The zero-order valence-corrected chi connectivity index (χ0v) is 15.2. The molecule has 2 aliphatic rings. The van der Waals surface area contributed by atoms with E-state index in [1.165, 1.54) is 0 Å². The van der Waals surface area contributed by atoms with Gasteiger partial charge < -0.3 is 4.74 Å². The zero-order valence-electron chi connectivity index (χ0n) is 15.2. The van der Waals surface area contributed by atoms with E-state index in [1.807, 2.05) is 57.2 Å². The molecule has 4 nitrogen and oxygen atoms in total. The molecule has 0 bridgehead atoms. The Morgan fingerprint density at radius 1 is 0.962 bits per heavy atom. The maximum Gasteiger partial charge on any atom is 0.336 e. The minimum atomic E-state index is -0.312. The van der Waals surface area contributed by atoms with Gasteiger partial charge in [-0.15, -0.1) is 0 Å². The summed E-state index contributed by atoms with van der Waals surface area (Å²) >= 11 is 0. The van der Waals surface area contributed by atoms with Gasteiger partial charge in [-0.25, -0.2) is 4.79 Å². The molecule has 0 aliphatic carbocycles. The van der Waals surface area contributed by atoms with Crippen molar-refractivity contribution in [2.24, 2.45) is 0 Å². The average Bonchev–Trinajstić information content (AvgIpc) is 2.95. The standard InChI is InChI=1S/C22H21NO3/c1-13-5-4-6-16(8-13)18-11-20(24)23(19-12-26-22(25)21(18)19)17-9-14(2)7-15(3)10-17/h4-10,18H,11-12H2,1-3H3. The van der Waals surface area contributed by atoms with Gasteiger partial charge in [0.15, 0.2) is 0 Å². The highest BCUT2D eigenvalue weighted by Gasteiger charge is 2.43. The van der Waals surface area contributed by atoms with Crippen LogP contribution < -0.4 is 4.90 Å². The molecule has 132 valence electrons. The first-order valence-corrected chi connectivity index (χ1v) is 8.82. The van der Waals surface area contributed by atoms with Gasteiger partial charge in [-0.1, -0.05) is 35.9 Å². The lowest BCUT2D eigenvalue weighted by molar-refractivity contribution is -0.136. The molecule has 2 aliphatic heterocycles. The molecule has 1 atom stereocenters. The number of ether oxygens (including phenoxy) is 1. The number of anilines is 1. The van der Waals surface area contributed by atoms with Crippen molar-refractivity contribution in [3.8, 4) is 0 Å². The summed E-state index contributed by atoms with van der Waals surface area (Å²) in [7, 11) is 0. The number of hydrogen-bond acceptors (Lipinski definition) is 3. The Hall–Kier alpha value is -2.88. The zero-order chi connectivity index (χ0) is 18.4. The van der Waals surface area contributed by atoms with E-state index in [9.17, 15) is 9.59 Å². The van der Waals surface area contributed by atoms with E-state index in [0.29, 0.717) is 11.3 Å². The Bertz CT molecular complexity index is 937. The van der Waals surface area contributed by atoms with Gasteiger partial charge in [-0.2, -0.15) is 0 Å². The van der Waals surface area contributed by atoms with Crippen molar-refractivity contribution in [1.82, 2.24) is 0 Å². The van der Waals surface area contributed by atoms with Crippen LogP contribution >= 0.6 is 0 Å². The number of carbonyl (C=O) groups excluding carboxylic acids is 2. The Labute approximate surface area is 153 Å². The number of carbonyl (C=O) groups is 2. The highest BCUT2D eigenvalue weighted by atomic mass is 16.5. The smallest absolute Gasteiger partial charge is 0.336 e. The summed E-state index contributed by atoms with van der Waals surface area (Å²) in [4.78, 5) is 27.2. The fraction of sp³-hybridized carbons (Fsp3) is 0.273. The third kappa shape index (κ3) is 2.71. The SMILES string of the molecule is Cc1cccc(C2CC(=O)N(c3cc(C)cc(C)c3)C3=C2C(=O)OC3)c1. The van der Waals surface area contributed by atoms with Crippen LogP contribution in [0.1, 0.15) is 34.6 Å². The molecule has 2 heterocycles. The number of cyclic esters (lactones) is 1. The molecule has 2 aromatic carbocycles. The fourth-order valence-corrected chi connectivity index (χ4v) is 4.01. The maximum atomic E-state index is 13.1. The number of rotatable bonds is 2. The van der Waals surface area contributed by atoms with Crippen LogP contribution in [0.3, 0.4) is 0 Å². The van der Waals surface area contributed by atoms with E-state index in [1.54, 1.807) is 4.90 Å². The van der Waals surface area contributed by atoms with Gasteiger partial charge >= 0.3 is 5.97 Å². The van der Waals surface area contributed by atoms with E-state index >= 15 is 0 Å². The van der Waals surface area contributed by atoms with Crippen LogP contribution in [0, 0.1) is 20.8 Å². The Morgan fingerprint density at radius 2 is 1.69 bits per heavy atom. The quantitative estimate of drug-likeness (QED) is 0.773. The first-order chi connectivity index (χ1) is 12.4. The fourth-order valence-electron chi connectivity index (χ4n) is 4.01. The van der Waals surface area contributed by atoms with Gasteiger partial charge in [-0.3, -0.25) is 9.69 Å². The molecule has 26 heavy (non-hydrogen) atoms. The highest BCUT2D eigenvalue weighted by molar-refractivity contribution is 6.06. The second-order valence-corrected chi connectivity index (χ2v) is 7.18. The number of esters is 1. The molecule has 0 radical (unpaired) electrons. The summed E-state index contributed by atoms with van der Waals surface area (Å²) in [6.07, 6.45) is 0.268. The molecule has 4 heteroatoms. The van der Waals surface area contributed by atoms with E-state index in [-0.39, 0.29) is 30.8 Å². The van der Waals surface area contributed by atoms with Crippen molar-refractivity contribution in [2.45, 2.75) is 33.1 Å². The number of hydrogen-bond donors (Lipinski definition) is 0. The van der Waals surface area contributed by atoms with Gasteiger partial charge in [0, 0.05) is 18.0 Å². The molecular weight excluding hydrogens is 326 g/mol. The molecule has 0 saturated carbocycles. The van der Waals surface area contributed by atoms with Crippen LogP contribution in [0.2, 0.25) is 0 Å². The van der Waals surface area contributed by atoms with Crippen molar-refractivity contribution < 1.29 is 14.3 Å². The van der Waals surface area contributed by atoms with Crippen molar-refractivity contribution in [2.75, 3.05) is 11.5 Å². The van der Waals surface area contributed by atoms with Gasteiger partial charge in [0.05, 0.1) is 11.3 Å². The maximum absolute atomic E-state index is 13.1. The van der Waals surface area contributed by atoms with Gasteiger partial charge in [0.2, 0.25) is 5.91 Å². The summed E-state index contributed by atoms with van der Waals surface area (Å²) in [6.45, 7) is 6.17. The largest absolute Gasteiger partial charge is 0.456 e. The molecule has 1 amide bonds. The average molecular weight is 347 g/mol. The molecule has 0 saturated heterocycles. The van der Waals surface area contributed by atoms with Crippen LogP contribution in [0.15, 0.2) is 53.7 Å². The van der Waals surface area contributed by atoms with E-state index in [4.69, 9.17) is 4.74 Å². The summed E-state index contributed by atoms with van der Waals surface area (Å²) < 4.78 is 5.34. The van der Waals surface area contributed by atoms with Crippen LogP contribution in [0.4, 0.5) is 5.69 Å². The predicted molar refractivity (Wildman–Crippen MR) is 99.9 cm³/mol. The third-order valence-corrected chi connectivity index (χ3v) is 5.03. The molecular formula is C22H21NO3. The van der Waals surface area contributed by atoms with E-state index in [2.05, 4.69) is 6.07 Å². The summed E-state index contributed by atoms with van der Waals surface area (Å²) in [6, 6.07) is 14.0. The summed E-state index contributed by atoms with van der Waals surface area (Å²) in [5.74, 6) is -0.554. The van der Waals surface area contributed by atoms with Crippen molar-refractivity contribution in [3.63, 3.8) is 0 Å². The second kappa shape index (κ2) is 6.13. The molecule has 4 rings (SSSR count). The summed E-state index contributed by atoms with van der Waals surface area (Å²) in [5, 5.41) is 0. The first kappa shape index (κ1) is 16.6. The van der Waals surface area contributed by atoms with Crippen LogP contribution in [0.5, 0.6) is 0 Å². The Kier molecular flexibility index (Phi) is 3.91. The lowest BCUT2D eigenvalue weighted by Crippen LogP contribution is -2.37. The predicted octanol–water partition coefficient (Wildman–Crippen LogP) is 3.94. The lowest BCUT2D eigenvalue weighted by atomic mass is 9.83. The number of amides is 1. The molecule has 0 aromatic heterocycles. The minimum absolute atomic E-state index is 0.00134. The molecule has 0 N–H and O–H groups in total. The molecule has 0 fully saturated rings. The number of nitrogens with zero attached hydrogens (tertiary/aromatic N) is 1. The van der Waals surface area contributed by atoms with Crippen LogP contribution in [-0.2, 0) is 14.3 Å². The minimum Gasteiger partial charge on any atom is -0.456 e. The third-order valence-electron chi connectivity index (χ3n) is 5.03. The van der Waals surface area contributed by atoms with E-state index < -0.39 is 0 Å². The van der Waals surface area contributed by atoms with Gasteiger partial charge in [-0.05, 0) is 49.6 Å². The molecule has 1 unspecified atom stereocenters. The van der Waals surface area contributed by atoms with Gasteiger partial charge in [0.1, 0.15) is 6.61 Å². The van der Waals surface area contributed by atoms with Crippen LogP contribution in [-0.4, -0.2) is 18.5 Å².